The quantitative estimate of drug-likeness (QED) is 0.754. The molecule has 0 heterocycles. The van der Waals surface area contributed by atoms with Crippen LogP contribution >= 0.6 is 27.7 Å². The van der Waals surface area contributed by atoms with Crippen molar-refractivity contribution >= 4 is 27.7 Å². The van der Waals surface area contributed by atoms with Crippen molar-refractivity contribution in [3.05, 3.63) is 28.2 Å². The number of halogens is 1. The van der Waals surface area contributed by atoms with Crippen molar-refractivity contribution < 1.29 is 0 Å². The molecule has 0 bridgehead atoms. The zero-order valence-corrected chi connectivity index (χ0v) is 13.5. The fourth-order valence-corrected chi connectivity index (χ4v) is 3.01. The maximum atomic E-state index is 3.66. The van der Waals surface area contributed by atoms with Crippen LogP contribution in [0.3, 0.4) is 0 Å². The predicted octanol–water partition coefficient (Wildman–Crippen LogP) is 4.84. The molecule has 0 aliphatic rings. The number of benzene rings is 1. The molecule has 0 saturated carbocycles. The van der Waals surface area contributed by atoms with Gasteiger partial charge in [0.15, 0.2) is 0 Å². The molecule has 3 heteroatoms. The Hall–Kier alpha value is 0.01000. The lowest BCUT2D eigenvalue weighted by atomic mass is 10.2. The van der Waals surface area contributed by atoms with E-state index >= 15 is 0 Å². The highest BCUT2D eigenvalue weighted by molar-refractivity contribution is 9.10. The molecular weight excluding hydrogens is 294 g/mol. The van der Waals surface area contributed by atoms with Crippen molar-refractivity contribution in [1.29, 1.82) is 0 Å². The molecule has 0 aliphatic carbocycles. The summed E-state index contributed by atoms with van der Waals surface area (Å²) >= 11 is 5.60. The Kier molecular flexibility index (Phi) is 6.60. The van der Waals surface area contributed by atoms with Crippen LogP contribution in [0, 0.1) is 0 Å². The minimum Gasteiger partial charge on any atom is -0.310 e. The largest absolute Gasteiger partial charge is 0.310 e. The van der Waals surface area contributed by atoms with Gasteiger partial charge in [0.2, 0.25) is 0 Å². The zero-order valence-electron chi connectivity index (χ0n) is 11.1. The number of hydrogen-bond acceptors (Lipinski definition) is 2. The lowest BCUT2D eigenvalue weighted by molar-refractivity contribution is 0.587. The first-order valence-corrected chi connectivity index (χ1v) is 7.88. The first-order chi connectivity index (χ1) is 8.02. The highest BCUT2D eigenvalue weighted by atomic mass is 79.9. The number of rotatable bonds is 6. The SMILES string of the molecule is CCC(C)Sc1ccc(CNC(C)C)c(Br)c1. The summed E-state index contributed by atoms with van der Waals surface area (Å²) in [5, 5.41) is 4.12. The minimum atomic E-state index is 0.524. The molecule has 0 amide bonds. The Morgan fingerprint density at radius 3 is 2.53 bits per heavy atom. The summed E-state index contributed by atoms with van der Waals surface area (Å²) in [5.41, 5.74) is 1.33. The molecule has 1 aromatic carbocycles. The first kappa shape index (κ1) is 15.1. The van der Waals surface area contributed by atoms with Crippen LogP contribution in [0.15, 0.2) is 27.6 Å². The van der Waals surface area contributed by atoms with Crippen molar-refractivity contribution in [2.24, 2.45) is 0 Å². The van der Waals surface area contributed by atoms with Crippen LogP contribution in [-0.2, 0) is 6.54 Å². The van der Waals surface area contributed by atoms with Crippen LogP contribution in [-0.4, -0.2) is 11.3 Å². The second-order valence-electron chi connectivity index (χ2n) is 4.63. The Morgan fingerprint density at radius 1 is 1.29 bits per heavy atom. The van der Waals surface area contributed by atoms with Gasteiger partial charge in [-0.1, -0.05) is 49.7 Å². The van der Waals surface area contributed by atoms with Gasteiger partial charge in [-0.25, -0.2) is 0 Å². The molecule has 0 saturated heterocycles. The van der Waals surface area contributed by atoms with Crippen LogP contribution in [0.1, 0.15) is 39.7 Å². The molecule has 0 fully saturated rings. The Balaban J connectivity index is 2.65. The molecule has 96 valence electrons. The van der Waals surface area contributed by atoms with E-state index in [9.17, 15) is 0 Å². The van der Waals surface area contributed by atoms with Crippen LogP contribution in [0.4, 0.5) is 0 Å². The molecule has 1 atom stereocenters. The third kappa shape index (κ3) is 5.45. The third-order valence-corrected chi connectivity index (χ3v) is 4.64. The number of nitrogens with one attached hydrogen (secondary N) is 1. The van der Waals surface area contributed by atoms with E-state index in [0.717, 1.165) is 6.54 Å². The van der Waals surface area contributed by atoms with E-state index in [1.807, 2.05) is 11.8 Å². The van der Waals surface area contributed by atoms with E-state index in [-0.39, 0.29) is 0 Å². The fourth-order valence-electron chi connectivity index (χ4n) is 1.37. The normalized spacial score (nSPS) is 13.1. The summed E-state index contributed by atoms with van der Waals surface area (Å²) in [5.74, 6) is 0. The average Bonchev–Trinajstić information content (AvgIpc) is 2.27. The summed E-state index contributed by atoms with van der Waals surface area (Å²) in [7, 11) is 0. The van der Waals surface area contributed by atoms with Gasteiger partial charge in [-0.2, -0.15) is 0 Å². The zero-order chi connectivity index (χ0) is 12.8. The molecule has 1 aromatic rings. The lowest BCUT2D eigenvalue weighted by Crippen LogP contribution is -2.21. The lowest BCUT2D eigenvalue weighted by Gasteiger charge is -2.12. The minimum absolute atomic E-state index is 0.524. The van der Waals surface area contributed by atoms with Gasteiger partial charge in [-0.3, -0.25) is 0 Å². The average molecular weight is 316 g/mol. The topological polar surface area (TPSA) is 12.0 Å². The van der Waals surface area contributed by atoms with E-state index < -0.39 is 0 Å². The van der Waals surface area contributed by atoms with E-state index in [2.05, 4.69) is 67.1 Å². The van der Waals surface area contributed by atoms with Gasteiger partial charge in [-0.15, -0.1) is 11.8 Å². The maximum absolute atomic E-state index is 3.66. The van der Waals surface area contributed by atoms with E-state index in [1.165, 1.54) is 21.4 Å². The van der Waals surface area contributed by atoms with Crippen LogP contribution in [0.25, 0.3) is 0 Å². The number of thioether (sulfide) groups is 1. The van der Waals surface area contributed by atoms with Gasteiger partial charge in [0.1, 0.15) is 0 Å². The standard InChI is InChI=1S/C14H22BrNS/c1-5-11(4)17-13-7-6-12(14(15)8-13)9-16-10(2)3/h6-8,10-11,16H,5,9H2,1-4H3. The van der Waals surface area contributed by atoms with Crippen molar-refractivity contribution in [3.8, 4) is 0 Å². The molecule has 1 unspecified atom stereocenters. The van der Waals surface area contributed by atoms with Crippen molar-refractivity contribution in [2.45, 2.75) is 56.8 Å². The highest BCUT2D eigenvalue weighted by Gasteiger charge is 2.05. The summed E-state index contributed by atoms with van der Waals surface area (Å²) < 4.78 is 1.21. The van der Waals surface area contributed by atoms with Crippen LogP contribution in [0.2, 0.25) is 0 Å². The predicted molar refractivity (Wildman–Crippen MR) is 81.7 cm³/mol. The first-order valence-electron chi connectivity index (χ1n) is 6.21. The van der Waals surface area contributed by atoms with E-state index in [4.69, 9.17) is 0 Å². The second-order valence-corrected chi connectivity index (χ2v) is 6.99. The smallest absolute Gasteiger partial charge is 0.0231 e. The summed E-state index contributed by atoms with van der Waals surface area (Å²) in [6.07, 6.45) is 1.21. The summed E-state index contributed by atoms with van der Waals surface area (Å²) in [6.45, 7) is 9.76. The van der Waals surface area contributed by atoms with Gasteiger partial charge in [0, 0.05) is 27.2 Å². The van der Waals surface area contributed by atoms with Gasteiger partial charge < -0.3 is 5.32 Å². The van der Waals surface area contributed by atoms with Crippen molar-refractivity contribution in [3.63, 3.8) is 0 Å². The van der Waals surface area contributed by atoms with Gasteiger partial charge in [0.05, 0.1) is 0 Å². The summed E-state index contributed by atoms with van der Waals surface area (Å²) in [4.78, 5) is 1.35. The van der Waals surface area contributed by atoms with Gasteiger partial charge in [-0.05, 0) is 24.1 Å². The molecular formula is C14H22BrNS. The van der Waals surface area contributed by atoms with Gasteiger partial charge >= 0.3 is 0 Å². The Morgan fingerprint density at radius 2 is 2.00 bits per heavy atom. The third-order valence-electron chi connectivity index (χ3n) is 2.64. The van der Waals surface area contributed by atoms with E-state index in [0.29, 0.717) is 11.3 Å². The molecule has 1 N–H and O–H groups in total. The second kappa shape index (κ2) is 7.45. The number of hydrogen-bond donors (Lipinski definition) is 1. The molecule has 0 aliphatic heterocycles. The molecule has 1 rings (SSSR count). The molecule has 0 radical (unpaired) electrons. The van der Waals surface area contributed by atoms with Crippen molar-refractivity contribution in [1.82, 2.24) is 5.32 Å². The monoisotopic (exact) mass is 315 g/mol. The maximum Gasteiger partial charge on any atom is 0.0231 e. The fraction of sp³-hybridized carbons (Fsp3) is 0.571. The van der Waals surface area contributed by atoms with Crippen LogP contribution < -0.4 is 5.32 Å². The molecule has 0 spiro atoms. The Labute approximate surface area is 118 Å². The summed E-state index contributed by atoms with van der Waals surface area (Å²) in [6, 6.07) is 7.19. The van der Waals surface area contributed by atoms with E-state index in [1.54, 1.807) is 0 Å². The van der Waals surface area contributed by atoms with Crippen molar-refractivity contribution in [2.75, 3.05) is 0 Å². The Bertz CT molecular complexity index is 352. The van der Waals surface area contributed by atoms with Crippen LogP contribution in [0.5, 0.6) is 0 Å². The molecule has 0 aromatic heterocycles. The highest BCUT2D eigenvalue weighted by Crippen LogP contribution is 2.29. The van der Waals surface area contributed by atoms with Gasteiger partial charge in [0.25, 0.3) is 0 Å². The molecule has 1 nitrogen and oxygen atoms in total. The molecule has 17 heavy (non-hydrogen) atoms.